The second kappa shape index (κ2) is 6.85. The summed E-state index contributed by atoms with van der Waals surface area (Å²) in [7, 11) is 0. The Bertz CT molecular complexity index is 264. The van der Waals surface area contributed by atoms with E-state index in [0.717, 1.165) is 23.5 Å². The highest BCUT2D eigenvalue weighted by atomic mass is 32.2. The van der Waals surface area contributed by atoms with Crippen molar-refractivity contribution in [3.05, 3.63) is 30.1 Å². The molecule has 3 heteroatoms. The van der Waals surface area contributed by atoms with Crippen LogP contribution in [0, 0.1) is 5.92 Å². The molecule has 0 spiro atoms. The summed E-state index contributed by atoms with van der Waals surface area (Å²) in [6.45, 7) is 4.39. The lowest BCUT2D eigenvalue weighted by Gasteiger charge is -2.11. The number of pyridine rings is 1. The van der Waals surface area contributed by atoms with Crippen LogP contribution in [-0.4, -0.2) is 27.7 Å². The van der Waals surface area contributed by atoms with Gasteiger partial charge in [0.1, 0.15) is 0 Å². The van der Waals surface area contributed by atoms with Gasteiger partial charge in [0.05, 0.1) is 6.10 Å². The summed E-state index contributed by atoms with van der Waals surface area (Å²) >= 11 is 1.82. The van der Waals surface area contributed by atoms with Crippen LogP contribution in [0.3, 0.4) is 0 Å². The van der Waals surface area contributed by atoms with Crippen molar-refractivity contribution in [3.8, 4) is 0 Å². The molecule has 1 N–H and O–H groups in total. The third kappa shape index (κ3) is 5.80. The van der Waals surface area contributed by atoms with Gasteiger partial charge in [-0.15, -0.1) is 0 Å². The van der Waals surface area contributed by atoms with E-state index in [-0.39, 0.29) is 6.10 Å². The quantitative estimate of drug-likeness (QED) is 0.807. The first-order valence-electron chi connectivity index (χ1n) is 5.33. The van der Waals surface area contributed by atoms with Crippen molar-refractivity contribution in [1.82, 2.24) is 4.98 Å². The maximum atomic E-state index is 9.77. The van der Waals surface area contributed by atoms with Crippen LogP contribution in [0.5, 0.6) is 0 Å². The summed E-state index contributed by atoms with van der Waals surface area (Å²) in [6, 6.07) is 3.91. The van der Waals surface area contributed by atoms with Gasteiger partial charge in [-0.3, -0.25) is 4.98 Å². The van der Waals surface area contributed by atoms with E-state index < -0.39 is 0 Å². The third-order valence-corrected chi connectivity index (χ3v) is 3.50. The monoisotopic (exact) mass is 225 g/mol. The molecule has 0 aliphatic heterocycles. The van der Waals surface area contributed by atoms with Crippen molar-refractivity contribution in [3.63, 3.8) is 0 Å². The molecule has 0 amide bonds. The number of aromatic nitrogens is 1. The number of aliphatic hydroxyl groups excluding tert-OH is 1. The fourth-order valence-corrected chi connectivity index (χ4v) is 2.29. The molecule has 1 unspecified atom stereocenters. The highest BCUT2D eigenvalue weighted by molar-refractivity contribution is 7.99. The number of nitrogens with zero attached hydrogens (tertiary/aromatic N) is 1. The minimum absolute atomic E-state index is 0.240. The van der Waals surface area contributed by atoms with Gasteiger partial charge in [0.15, 0.2) is 0 Å². The molecule has 1 aromatic rings. The van der Waals surface area contributed by atoms with Gasteiger partial charge in [-0.05, 0) is 35.8 Å². The average molecular weight is 225 g/mol. The van der Waals surface area contributed by atoms with Crippen LogP contribution >= 0.6 is 11.8 Å². The average Bonchev–Trinajstić information content (AvgIpc) is 2.18. The zero-order chi connectivity index (χ0) is 11.1. The van der Waals surface area contributed by atoms with E-state index in [9.17, 15) is 5.11 Å². The second-order valence-electron chi connectivity index (χ2n) is 4.14. The molecule has 0 aliphatic rings. The number of rotatable bonds is 6. The van der Waals surface area contributed by atoms with Crippen LogP contribution in [0.2, 0.25) is 0 Å². The maximum absolute atomic E-state index is 9.77. The Kier molecular flexibility index (Phi) is 5.73. The number of hydrogen-bond donors (Lipinski definition) is 1. The molecule has 1 atom stereocenters. The first-order valence-corrected chi connectivity index (χ1v) is 6.48. The molecule has 0 saturated carbocycles. The molecule has 15 heavy (non-hydrogen) atoms. The summed E-state index contributed by atoms with van der Waals surface area (Å²) in [5.74, 6) is 2.64. The van der Waals surface area contributed by atoms with E-state index in [1.54, 1.807) is 12.4 Å². The molecule has 0 aromatic carbocycles. The van der Waals surface area contributed by atoms with Gasteiger partial charge in [-0.25, -0.2) is 0 Å². The van der Waals surface area contributed by atoms with Crippen molar-refractivity contribution >= 4 is 11.8 Å². The smallest absolute Gasteiger partial charge is 0.0670 e. The van der Waals surface area contributed by atoms with E-state index >= 15 is 0 Å². The Morgan fingerprint density at radius 3 is 2.53 bits per heavy atom. The van der Waals surface area contributed by atoms with Gasteiger partial charge >= 0.3 is 0 Å². The molecule has 1 aromatic heterocycles. The molecule has 1 heterocycles. The first-order chi connectivity index (χ1) is 7.18. The fourth-order valence-electron chi connectivity index (χ4n) is 1.29. The molecular formula is C12H19NOS. The van der Waals surface area contributed by atoms with E-state index in [1.165, 1.54) is 0 Å². The molecule has 84 valence electrons. The van der Waals surface area contributed by atoms with E-state index in [2.05, 4.69) is 18.8 Å². The van der Waals surface area contributed by atoms with Crippen LogP contribution in [0.15, 0.2) is 24.5 Å². The van der Waals surface area contributed by atoms with Gasteiger partial charge in [0, 0.05) is 18.1 Å². The predicted octanol–water partition coefficient (Wildman–Crippen LogP) is 2.37. The molecule has 2 nitrogen and oxygen atoms in total. The van der Waals surface area contributed by atoms with Crippen molar-refractivity contribution in [2.45, 2.75) is 26.4 Å². The summed E-state index contributed by atoms with van der Waals surface area (Å²) in [4.78, 5) is 3.95. The van der Waals surface area contributed by atoms with Gasteiger partial charge in [0.2, 0.25) is 0 Å². The zero-order valence-electron chi connectivity index (χ0n) is 9.39. The summed E-state index contributed by atoms with van der Waals surface area (Å²) in [5, 5.41) is 9.77. The minimum Gasteiger partial charge on any atom is -0.392 e. The highest BCUT2D eigenvalue weighted by Gasteiger charge is 2.06. The number of thioether (sulfide) groups is 1. The Hall–Kier alpha value is -0.540. The Morgan fingerprint density at radius 1 is 1.27 bits per heavy atom. The molecular weight excluding hydrogens is 206 g/mol. The summed E-state index contributed by atoms with van der Waals surface area (Å²) < 4.78 is 0. The standard InChI is InChI=1S/C12H19NOS/c1-10(2)8-15-9-12(14)7-11-3-5-13-6-4-11/h3-6,10,12,14H,7-9H2,1-2H3. The van der Waals surface area contributed by atoms with Crippen LogP contribution in [0.25, 0.3) is 0 Å². The maximum Gasteiger partial charge on any atom is 0.0670 e. The first kappa shape index (κ1) is 12.5. The van der Waals surface area contributed by atoms with Crippen molar-refractivity contribution in [2.24, 2.45) is 5.92 Å². The number of hydrogen-bond acceptors (Lipinski definition) is 3. The SMILES string of the molecule is CC(C)CSCC(O)Cc1ccncc1. The topological polar surface area (TPSA) is 33.1 Å². The largest absolute Gasteiger partial charge is 0.392 e. The fraction of sp³-hybridized carbons (Fsp3) is 0.583. The molecule has 0 aliphatic carbocycles. The highest BCUT2D eigenvalue weighted by Crippen LogP contribution is 2.11. The lowest BCUT2D eigenvalue weighted by atomic mass is 10.1. The van der Waals surface area contributed by atoms with E-state index in [4.69, 9.17) is 0 Å². The van der Waals surface area contributed by atoms with Crippen LogP contribution in [0.4, 0.5) is 0 Å². The Morgan fingerprint density at radius 2 is 1.93 bits per heavy atom. The van der Waals surface area contributed by atoms with Crippen molar-refractivity contribution < 1.29 is 5.11 Å². The normalized spacial score (nSPS) is 13.1. The molecule has 0 radical (unpaired) electrons. The van der Waals surface area contributed by atoms with Gasteiger partial charge in [-0.1, -0.05) is 13.8 Å². The molecule has 0 saturated heterocycles. The van der Waals surface area contributed by atoms with Crippen LogP contribution in [-0.2, 0) is 6.42 Å². The lowest BCUT2D eigenvalue weighted by molar-refractivity contribution is 0.200. The van der Waals surface area contributed by atoms with E-state index in [0.29, 0.717) is 5.92 Å². The van der Waals surface area contributed by atoms with Crippen LogP contribution < -0.4 is 0 Å². The Labute approximate surface area is 96.1 Å². The van der Waals surface area contributed by atoms with E-state index in [1.807, 2.05) is 23.9 Å². The lowest BCUT2D eigenvalue weighted by Crippen LogP contribution is -2.14. The molecule has 1 rings (SSSR count). The third-order valence-electron chi connectivity index (χ3n) is 1.98. The van der Waals surface area contributed by atoms with Gasteiger partial charge in [-0.2, -0.15) is 11.8 Å². The predicted molar refractivity (Wildman–Crippen MR) is 66.1 cm³/mol. The van der Waals surface area contributed by atoms with Crippen molar-refractivity contribution in [2.75, 3.05) is 11.5 Å². The summed E-state index contributed by atoms with van der Waals surface area (Å²) in [6.07, 6.45) is 4.02. The van der Waals surface area contributed by atoms with Crippen LogP contribution in [0.1, 0.15) is 19.4 Å². The number of aliphatic hydroxyl groups is 1. The zero-order valence-corrected chi connectivity index (χ0v) is 10.2. The molecule has 0 bridgehead atoms. The minimum atomic E-state index is -0.240. The van der Waals surface area contributed by atoms with Crippen molar-refractivity contribution in [1.29, 1.82) is 0 Å². The van der Waals surface area contributed by atoms with Gasteiger partial charge in [0.25, 0.3) is 0 Å². The van der Waals surface area contributed by atoms with Gasteiger partial charge < -0.3 is 5.11 Å². The Balaban J connectivity index is 2.21. The molecule has 0 fully saturated rings. The summed E-state index contributed by atoms with van der Waals surface area (Å²) in [5.41, 5.74) is 1.16. The second-order valence-corrected chi connectivity index (χ2v) is 5.22.